The van der Waals surface area contributed by atoms with Crippen molar-refractivity contribution in [1.82, 2.24) is 4.90 Å². The molecule has 0 radical (unpaired) electrons. The SMILES string of the molecule is CN1CC(Nc2cc(F)cc(F)c2)C1. The highest BCUT2D eigenvalue weighted by molar-refractivity contribution is 5.45. The highest BCUT2D eigenvalue weighted by Crippen LogP contribution is 2.16. The van der Waals surface area contributed by atoms with Gasteiger partial charge >= 0.3 is 0 Å². The maximum atomic E-state index is 12.8. The molecule has 1 aromatic carbocycles. The van der Waals surface area contributed by atoms with Crippen LogP contribution in [0.5, 0.6) is 0 Å². The van der Waals surface area contributed by atoms with Crippen LogP contribution in [0.15, 0.2) is 18.2 Å². The average molecular weight is 198 g/mol. The smallest absolute Gasteiger partial charge is 0.128 e. The molecule has 0 bridgehead atoms. The highest BCUT2D eigenvalue weighted by atomic mass is 19.1. The minimum Gasteiger partial charge on any atom is -0.380 e. The molecule has 0 aromatic heterocycles. The van der Waals surface area contributed by atoms with Crippen LogP contribution < -0.4 is 5.32 Å². The number of halogens is 2. The van der Waals surface area contributed by atoms with Gasteiger partial charge in [-0.15, -0.1) is 0 Å². The Bertz CT molecular complexity index is 315. The molecule has 0 aliphatic carbocycles. The maximum absolute atomic E-state index is 12.8. The van der Waals surface area contributed by atoms with E-state index in [0.717, 1.165) is 19.2 Å². The second kappa shape index (κ2) is 3.53. The molecule has 2 nitrogen and oxygen atoms in total. The Hall–Kier alpha value is -1.16. The monoisotopic (exact) mass is 198 g/mol. The lowest BCUT2D eigenvalue weighted by atomic mass is 10.1. The molecule has 4 heteroatoms. The molecule has 0 saturated carbocycles. The van der Waals surface area contributed by atoms with Gasteiger partial charge in [0, 0.05) is 24.8 Å². The second-order valence-corrected chi connectivity index (χ2v) is 3.72. The summed E-state index contributed by atoms with van der Waals surface area (Å²) < 4.78 is 25.6. The molecule has 0 atom stereocenters. The lowest BCUT2D eigenvalue weighted by Gasteiger charge is -2.37. The van der Waals surface area contributed by atoms with Gasteiger partial charge in [0.25, 0.3) is 0 Å². The molecule has 1 aromatic rings. The third-order valence-corrected chi connectivity index (χ3v) is 2.30. The summed E-state index contributed by atoms with van der Waals surface area (Å²) in [5.74, 6) is -1.08. The Morgan fingerprint density at radius 1 is 1.21 bits per heavy atom. The molecule has 2 rings (SSSR count). The van der Waals surface area contributed by atoms with Crippen molar-refractivity contribution in [3.05, 3.63) is 29.8 Å². The normalized spacial score (nSPS) is 17.9. The van der Waals surface area contributed by atoms with Crippen LogP contribution in [-0.2, 0) is 0 Å². The number of nitrogens with zero attached hydrogens (tertiary/aromatic N) is 1. The van der Waals surface area contributed by atoms with Gasteiger partial charge in [-0.1, -0.05) is 0 Å². The minimum atomic E-state index is -0.542. The molecule has 0 spiro atoms. The van der Waals surface area contributed by atoms with Crippen molar-refractivity contribution in [3.8, 4) is 0 Å². The topological polar surface area (TPSA) is 15.3 Å². The van der Waals surface area contributed by atoms with Gasteiger partial charge < -0.3 is 10.2 Å². The van der Waals surface area contributed by atoms with Crippen LogP contribution in [0.3, 0.4) is 0 Å². The number of likely N-dealkylation sites (N-methyl/N-ethyl adjacent to an activating group) is 1. The summed E-state index contributed by atoms with van der Waals surface area (Å²) in [4.78, 5) is 2.13. The first-order valence-electron chi connectivity index (χ1n) is 4.54. The molecule has 1 heterocycles. The molecule has 1 aliphatic rings. The second-order valence-electron chi connectivity index (χ2n) is 3.72. The van der Waals surface area contributed by atoms with Gasteiger partial charge in [0.05, 0.1) is 6.04 Å². The zero-order valence-corrected chi connectivity index (χ0v) is 7.93. The van der Waals surface area contributed by atoms with Crippen molar-refractivity contribution in [2.24, 2.45) is 0 Å². The zero-order valence-electron chi connectivity index (χ0n) is 7.93. The third-order valence-electron chi connectivity index (χ3n) is 2.30. The van der Waals surface area contributed by atoms with Crippen LogP contribution in [0, 0.1) is 11.6 Å². The van der Waals surface area contributed by atoms with Gasteiger partial charge in [-0.3, -0.25) is 0 Å². The molecule has 0 unspecified atom stereocenters. The van der Waals surface area contributed by atoms with Crippen molar-refractivity contribution in [2.45, 2.75) is 6.04 Å². The number of nitrogens with one attached hydrogen (secondary N) is 1. The molecule has 14 heavy (non-hydrogen) atoms. The van der Waals surface area contributed by atoms with Gasteiger partial charge in [-0.25, -0.2) is 8.78 Å². The summed E-state index contributed by atoms with van der Waals surface area (Å²) in [6.45, 7) is 1.83. The molecular formula is C10H12F2N2. The third kappa shape index (κ3) is 2.01. The maximum Gasteiger partial charge on any atom is 0.128 e. The summed E-state index contributed by atoms with van der Waals surface area (Å²) in [6.07, 6.45) is 0. The largest absolute Gasteiger partial charge is 0.380 e. The number of rotatable bonds is 2. The fourth-order valence-corrected chi connectivity index (χ4v) is 1.66. The van der Waals surface area contributed by atoms with Crippen molar-refractivity contribution in [1.29, 1.82) is 0 Å². The molecular weight excluding hydrogens is 186 g/mol. The van der Waals surface area contributed by atoms with Crippen LogP contribution in [0.2, 0.25) is 0 Å². The van der Waals surface area contributed by atoms with Gasteiger partial charge in [0.1, 0.15) is 11.6 Å². The quantitative estimate of drug-likeness (QED) is 0.778. The predicted octanol–water partition coefficient (Wildman–Crippen LogP) is 1.69. The summed E-state index contributed by atoms with van der Waals surface area (Å²) in [5.41, 5.74) is 0.514. The van der Waals surface area contributed by atoms with E-state index < -0.39 is 11.6 Å². The van der Waals surface area contributed by atoms with Crippen LogP contribution in [0.1, 0.15) is 0 Å². The lowest BCUT2D eigenvalue weighted by molar-refractivity contribution is 0.205. The lowest BCUT2D eigenvalue weighted by Crippen LogP contribution is -2.52. The van der Waals surface area contributed by atoms with E-state index in [1.807, 2.05) is 7.05 Å². The standard InChI is InChI=1S/C10H12F2N2/c1-14-5-10(6-14)13-9-3-7(11)2-8(12)4-9/h2-4,10,13H,5-6H2,1H3. The Kier molecular flexibility index (Phi) is 2.37. The van der Waals surface area contributed by atoms with Gasteiger partial charge in [0.15, 0.2) is 0 Å². The first-order valence-corrected chi connectivity index (χ1v) is 4.54. The summed E-state index contributed by atoms with van der Waals surface area (Å²) in [5, 5.41) is 3.07. The molecule has 1 aliphatic heterocycles. The van der Waals surface area contributed by atoms with E-state index in [1.165, 1.54) is 12.1 Å². The van der Waals surface area contributed by atoms with E-state index in [4.69, 9.17) is 0 Å². The van der Waals surface area contributed by atoms with E-state index in [-0.39, 0.29) is 0 Å². The molecule has 76 valence electrons. The van der Waals surface area contributed by atoms with Crippen molar-refractivity contribution in [2.75, 3.05) is 25.5 Å². The van der Waals surface area contributed by atoms with Crippen LogP contribution in [0.4, 0.5) is 14.5 Å². The minimum absolute atomic E-state index is 0.307. The van der Waals surface area contributed by atoms with E-state index in [0.29, 0.717) is 11.7 Å². The van der Waals surface area contributed by atoms with E-state index in [9.17, 15) is 8.78 Å². The Morgan fingerprint density at radius 2 is 1.79 bits per heavy atom. The number of hydrogen-bond acceptors (Lipinski definition) is 2. The Balaban J connectivity index is 2.02. The molecule has 1 saturated heterocycles. The van der Waals surface area contributed by atoms with Crippen molar-refractivity contribution in [3.63, 3.8) is 0 Å². The van der Waals surface area contributed by atoms with Gasteiger partial charge in [-0.2, -0.15) is 0 Å². The zero-order chi connectivity index (χ0) is 10.1. The van der Waals surface area contributed by atoms with E-state index in [2.05, 4.69) is 10.2 Å². The highest BCUT2D eigenvalue weighted by Gasteiger charge is 2.22. The number of hydrogen-bond donors (Lipinski definition) is 1. The molecule has 0 amide bonds. The first kappa shape index (κ1) is 9.40. The fourth-order valence-electron chi connectivity index (χ4n) is 1.66. The molecule has 1 N–H and O–H groups in total. The van der Waals surface area contributed by atoms with Crippen LogP contribution in [0.25, 0.3) is 0 Å². The Labute approximate surface area is 81.5 Å². The van der Waals surface area contributed by atoms with Gasteiger partial charge in [0.2, 0.25) is 0 Å². The fraction of sp³-hybridized carbons (Fsp3) is 0.400. The summed E-state index contributed by atoms with van der Waals surface area (Å²) >= 11 is 0. The Morgan fingerprint density at radius 3 is 2.29 bits per heavy atom. The first-order chi connectivity index (χ1) is 6.63. The van der Waals surface area contributed by atoms with E-state index >= 15 is 0 Å². The van der Waals surface area contributed by atoms with Crippen molar-refractivity contribution >= 4 is 5.69 Å². The predicted molar refractivity (Wildman–Crippen MR) is 51.3 cm³/mol. The molecule has 1 fully saturated rings. The summed E-state index contributed by atoms with van der Waals surface area (Å²) in [6, 6.07) is 3.79. The van der Waals surface area contributed by atoms with E-state index in [1.54, 1.807) is 0 Å². The number of benzene rings is 1. The number of likely N-dealkylation sites (tertiary alicyclic amines) is 1. The summed E-state index contributed by atoms with van der Waals surface area (Å²) in [7, 11) is 2.00. The van der Waals surface area contributed by atoms with Crippen LogP contribution >= 0.6 is 0 Å². The van der Waals surface area contributed by atoms with Crippen molar-refractivity contribution < 1.29 is 8.78 Å². The van der Waals surface area contributed by atoms with Crippen LogP contribution in [-0.4, -0.2) is 31.1 Å². The van der Waals surface area contributed by atoms with Gasteiger partial charge in [-0.05, 0) is 19.2 Å². The average Bonchev–Trinajstić information content (AvgIpc) is 1.99. The number of anilines is 1.